The molecule has 1 unspecified atom stereocenters. The van der Waals surface area contributed by atoms with Crippen molar-refractivity contribution in [1.82, 2.24) is 0 Å². The molecule has 1 rings (SSSR count). The first kappa shape index (κ1) is 10.0. The number of halogens is 1. The van der Waals surface area contributed by atoms with E-state index in [0.717, 1.165) is 0 Å². The van der Waals surface area contributed by atoms with E-state index in [9.17, 15) is 8.42 Å². The number of benzene rings is 1. The second-order valence-electron chi connectivity index (χ2n) is 2.40. The first-order chi connectivity index (χ1) is 6.05. The Labute approximate surface area is 81.0 Å². The molecule has 0 fully saturated rings. The zero-order valence-electron chi connectivity index (χ0n) is 6.51. The van der Waals surface area contributed by atoms with Gasteiger partial charge in [-0.2, -0.15) is 5.26 Å². The van der Waals surface area contributed by atoms with Crippen LogP contribution in [0.2, 0.25) is 0 Å². The van der Waals surface area contributed by atoms with Crippen LogP contribution < -0.4 is 0 Å². The molecule has 3 nitrogen and oxygen atoms in total. The molecule has 0 N–H and O–H groups in total. The lowest BCUT2D eigenvalue weighted by atomic mass is 10.2. The minimum Gasteiger partial charge on any atom is -0.210 e. The van der Waals surface area contributed by atoms with Crippen molar-refractivity contribution in [2.24, 2.45) is 0 Å². The average molecular weight is 216 g/mol. The van der Waals surface area contributed by atoms with Gasteiger partial charge in [-0.3, -0.25) is 0 Å². The van der Waals surface area contributed by atoms with Crippen LogP contribution in [0.5, 0.6) is 0 Å². The summed E-state index contributed by atoms with van der Waals surface area (Å²) >= 11 is 0. The molecule has 0 radical (unpaired) electrons. The van der Waals surface area contributed by atoms with Gasteiger partial charge < -0.3 is 0 Å². The van der Waals surface area contributed by atoms with Gasteiger partial charge in [0.1, 0.15) is 0 Å². The highest BCUT2D eigenvalue weighted by molar-refractivity contribution is 8.14. The fraction of sp³-hybridized carbons (Fsp3) is 0.125. The van der Waals surface area contributed by atoms with E-state index >= 15 is 0 Å². The van der Waals surface area contributed by atoms with Gasteiger partial charge in [-0.1, -0.05) is 30.3 Å². The fourth-order valence-corrected chi connectivity index (χ4v) is 1.96. The van der Waals surface area contributed by atoms with Gasteiger partial charge in [-0.15, -0.1) is 0 Å². The predicted molar refractivity (Wildman–Crippen MR) is 49.6 cm³/mol. The molecular weight excluding hydrogens is 210 g/mol. The maximum atomic E-state index is 10.9. The molecular formula is C8H6ClNO2S. The summed E-state index contributed by atoms with van der Waals surface area (Å²) in [5.41, 5.74) is 0.389. The number of nitrogens with zero attached hydrogens (tertiary/aromatic N) is 1. The summed E-state index contributed by atoms with van der Waals surface area (Å²) in [6, 6.07) is 9.78. The fourth-order valence-electron chi connectivity index (χ4n) is 0.928. The Balaban J connectivity index is 3.16. The SMILES string of the molecule is N#CC(c1ccccc1)S(=O)(=O)Cl. The summed E-state index contributed by atoms with van der Waals surface area (Å²) in [6.45, 7) is 0. The average Bonchev–Trinajstić information content (AvgIpc) is 2.05. The number of hydrogen-bond acceptors (Lipinski definition) is 3. The quantitative estimate of drug-likeness (QED) is 0.707. The van der Waals surface area contributed by atoms with Crippen LogP contribution in [0.25, 0.3) is 0 Å². The summed E-state index contributed by atoms with van der Waals surface area (Å²) in [5.74, 6) is 0. The van der Waals surface area contributed by atoms with E-state index in [1.807, 2.05) is 0 Å². The Kier molecular flexibility index (Phi) is 2.91. The van der Waals surface area contributed by atoms with Crippen LogP contribution in [0.15, 0.2) is 30.3 Å². The smallest absolute Gasteiger partial charge is 0.210 e. The second-order valence-corrected chi connectivity index (χ2v) is 5.11. The van der Waals surface area contributed by atoms with E-state index in [4.69, 9.17) is 15.9 Å². The summed E-state index contributed by atoms with van der Waals surface area (Å²) < 4.78 is 21.8. The van der Waals surface area contributed by atoms with Crippen molar-refractivity contribution >= 4 is 19.7 Å². The minimum atomic E-state index is -3.86. The molecule has 1 aromatic carbocycles. The van der Waals surface area contributed by atoms with E-state index < -0.39 is 14.3 Å². The standard InChI is InChI=1S/C8H6ClNO2S/c9-13(11,12)8(6-10)7-4-2-1-3-5-7/h1-5,8H. The molecule has 0 saturated heterocycles. The summed E-state index contributed by atoms with van der Waals surface area (Å²) in [5, 5.41) is 7.32. The molecule has 0 bridgehead atoms. The molecule has 0 aliphatic heterocycles. The molecule has 0 amide bonds. The van der Waals surface area contributed by atoms with Crippen LogP contribution in [-0.4, -0.2) is 8.42 Å². The lowest BCUT2D eigenvalue weighted by molar-refractivity contribution is 0.605. The van der Waals surface area contributed by atoms with Crippen molar-refractivity contribution in [3.63, 3.8) is 0 Å². The predicted octanol–water partition coefficient (Wildman–Crippen LogP) is 1.82. The molecule has 0 aliphatic rings. The molecule has 68 valence electrons. The summed E-state index contributed by atoms with van der Waals surface area (Å²) in [4.78, 5) is 0. The number of rotatable bonds is 2. The Hall–Kier alpha value is -1.05. The molecule has 13 heavy (non-hydrogen) atoms. The molecule has 0 spiro atoms. The topological polar surface area (TPSA) is 57.9 Å². The Morgan fingerprint density at radius 2 is 1.85 bits per heavy atom. The Morgan fingerprint density at radius 1 is 1.31 bits per heavy atom. The van der Waals surface area contributed by atoms with Gasteiger partial charge in [0.05, 0.1) is 6.07 Å². The van der Waals surface area contributed by atoms with E-state index in [2.05, 4.69) is 0 Å². The van der Waals surface area contributed by atoms with Gasteiger partial charge in [-0.05, 0) is 5.56 Å². The molecule has 0 aromatic heterocycles. The first-order valence-corrected chi connectivity index (χ1v) is 5.81. The van der Waals surface area contributed by atoms with Gasteiger partial charge in [-0.25, -0.2) is 8.42 Å². The largest absolute Gasteiger partial charge is 0.253 e. The summed E-state index contributed by atoms with van der Waals surface area (Å²) in [6.07, 6.45) is 0. The zero-order chi connectivity index (χ0) is 9.90. The van der Waals surface area contributed by atoms with Crippen LogP contribution in [0.1, 0.15) is 10.8 Å². The number of nitriles is 1. The molecule has 5 heteroatoms. The monoisotopic (exact) mass is 215 g/mol. The van der Waals surface area contributed by atoms with Crippen LogP contribution in [0.4, 0.5) is 0 Å². The highest BCUT2D eigenvalue weighted by Crippen LogP contribution is 2.24. The second kappa shape index (κ2) is 3.77. The van der Waals surface area contributed by atoms with E-state index in [1.54, 1.807) is 36.4 Å². The van der Waals surface area contributed by atoms with Gasteiger partial charge in [0, 0.05) is 10.7 Å². The molecule has 0 heterocycles. The van der Waals surface area contributed by atoms with Crippen LogP contribution in [-0.2, 0) is 9.05 Å². The normalized spacial score (nSPS) is 13.2. The van der Waals surface area contributed by atoms with Crippen molar-refractivity contribution < 1.29 is 8.42 Å². The van der Waals surface area contributed by atoms with E-state index in [1.165, 1.54) is 0 Å². The Morgan fingerprint density at radius 3 is 2.23 bits per heavy atom. The highest BCUT2D eigenvalue weighted by Gasteiger charge is 2.24. The molecule has 1 aromatic rings. The first-order valence-electron chi connectivity index (χ1n) is 3.43. The maximum absolute atomic E-state index is 10.9. The van der Waals surface area contributed by atoms with Crippen LogP contribution in [0.3, 0.4) is 0 Å². The third kappa shape index (κ3) is 2.44. The van der Waals surface area contributed by atoms with Crippen molar-refractivity contribution in [1.29, 1.82) is 5.26 Å². The third-order valence-corrected chi connectivity index (χ3v) is 2.98. The minimum absolute atomic E-state index is 0.389. The van der Waals surface area contributed by atoms with Gasteiger partial charge in [0.2, 0.25) is 0 Å². The van der Waals surface area contributed by atoms with Crippen LogP contribution >= 0.6 is 10.7 Å². The number of hydrogen-bond donors (Lipinski definition) is 0. The van der Waals surface area contributed by atoms with Gasteiger partial charge in [0.25, 0.3) is 9.05 Å². The summed E-state index contributed by atoms with van der Waals surface area (Å²) in [7, 11) is 1.23. The van der Waals surface area contributed by atoms with Crippen molar-refractivity contribution in [2.75, 3.05) is 0 Å². The lowest BCUT2D eigenvalue weighted by Gasteiger charge is -2.03. The van der Waals surface area contributed by atoms with Gasteiger partial charge in [0.15, 0.2) is 5.25 Å². The van der Waals surface area contributed by atoms with Gasteiger partial charge >= 0.3 is 0 Å². The molecule has 0 aliphatic carbocycles. The highest BCUT2D eigenvalue weighted by atomic mass is 35.7. The van der Waals surface area contributed by atoms with Crippen molar-refractivity contribution in [3.8, 4) is 6.07 Å². The molecule has 0 saturated carbocycles. The van der Waals surface area contributed by atoms with Crippen molar-refractivity contribution in [3.05, 3.63) is 35.9 Å². The molecule has 1 atom stereocenters. The lowest BCUT2D eigenvalue weighted by Crippen LogP contribution is -2.04. The maximum Gasteiger partial charge on any atom is 0.253 e. The van der Waals surface area contributed by atoms with Crippen molar-refractivity contribution in [2.45, 2.75) is 5.25 Å². The third-order valence-electron chi connectivity index (χ3n) is 1.50. The van der Waals surface area contributed by atoms with E-state index in [-0.39, 0.29) is 0 Å². The van der Waals surface area contributed by atoms with Crippen LogP contribution in [0, 0.1) is 11.3 Å². The zero-order valence-corrected chi connectivity index (χ0v) is 8.09. The van der Waals surface area contributed by atoms with E-state index in [0.29, 0.717) is 5.56 Å². The Bertz CT molecular complexity index is 421.